The van der Waals surface area contributed by atoms with Gasteiger partial charge in [0, 0.05) is 33.3 Å². The van der Waals surface area contributed by atoms with Crippen molar-refractivity contribution in [3.8, 4) is 5.75 Å². The first-order valence-electron chi connectivity index (χ1n) is 8.15. The van der Waals surface area contributed by atoms with E-state index < -0.39 is 0 Å². The molecule has 1 aliphatic rings. The number of tetrazole rings is 1. The molecule has 1 aliphatic heterocycles. The normalized spacial score (nSPS) is 17.2. The summed E-state index contributed by atoms with van der Waals surface area (Å²) < 4.78 is 6.97. The lowest BCUT2D eigenvalue weighted by molar-refractivity contribution is 0.119. The van der Waals surface area contributed by atoms with Crippen LogP contribution >= 0.6 is 12.4 Å². The maximum atomic E-state index is 9.60. The Labute approximate surface area is 153 Å². The molecule has 0 radical (unpaired) electrons. The molecular weight excluding hydrogens is 344 g/mol. The zero-order valence-corrected chi connectivity index (χ0v) is 15.4. The van der Waals surface area contributed by atoms with Crippen LogP contribution in [0.5, 0.6) is 5.75 Å². The molecule has 2 aromatic rings. The van der Waals surface area contributed by atoms with Crippen LogP contribution in [0.15, 0.2) is 24.3 Å². The van der Waals surface area contributed by atoms with Crippen LogP contribution in [0.25, 0.3) is 0 Å². The number of likely N-dealkylation sites (N-methyl/N-ethyl adjacent to an activating group) is 1. The number of phenolic OH excluding ortho intramolecular Hbond substituents is 1. The molecule has 1 unspecified atom stereocenters. The number of ether oxygens (including phenoxy) is 1. The van der Waals surface area contributed by atoms with Gasteiger partial charge in [0.2, 0.25) is 0 Å². The van der Waals surface area contributed by atoms with Crippen molar-refractivity contribution in [3.05, 3.63) is 35.7 Å². The number of phenols is 1. The first kappa shape index (κ1) is 19.6. The Bertz CT molecular complexity index is 642. The van der Waals surface area contributed by atoms with Gasteiger partial charge in [-0.05, 0) is 35.2 Å². The smallest absolute Gasteiger partial charge is 0.173 e. The molecule has 9 heteroatoms. The van der Waals surface area contributed by atoms with E-state index in [0.717, 1.165) is 37.6 Å². The molecule has 25 heavy (non-hydrogen) atoms. The molecule has 1 aromatic heterocycles. The molecular formula is C16H25ClN6O2. The van der Waals surface area contributed by atoms with E-state index in [2.05, 4.69) is 32.4 Å². The quantitative estimate of drug-likeness (QED) is 0.807. The minimum atomic E-state index is -0.0360. The highest BCUT2D eigenvalue weighted by molar-refractivity contribution is 5.85. The number of benzene rings is 1. The third-order valence-electron chi connectivity index (χ3n) is 4.42. The number of hydrogen-bond donors (Lipinski definition) is 1. The van der Waals surface area contributed by atoms with Gasteiger partial charge in [-0.25, -0.2) is 4.68 Å². The topological polar surface area (TPSA) is 79.5 Å². The highest BCUT2D eigenvalue weighted by atomic mass is 35.5. The van der Waals surface area contributed by atoms with Gasteiger partial charge >= 0.3 is 0 Å². The van der Waals surface area contributed by atoms with Gasteiger partial charge in [-0.15, -0.1) is 17.5 Å². The van der Waals surface area contributed by atoms with Gasteiger partial charge in [-0.3, -0.25) is 4.90 Å². The molecule has 1 saturated heterocycles. The molecule has 0 bridgehead atoms. The van der Waals surface area contributed by atoms with Gasteiger partial charge in [0.1, 0.15) is 5.75 Å². The predicted octanol–water partition coefficient (Wildman–Crippen LogP) is 0.784. The van der Waals surface area contributed by atoms with Crippen LogP contribution in [0.1, 0.15) is 17.4 Å². The molecule has 3 rings (SSSR count). The molecule has 8 nitrogen and oxygen atoms in total. The molecule has 138 valence electrons. The van der Waals surface area contributed by atoms with Crippen molar-refractivity contribution in [1.29, 1.82) is 0 Å². The van der Waals surface area contributed by atoms with Crippen LogP contribution in [0.4, 0.5) is 0 Å². The number of rotatable bonds is 6. The predicted molar refractivity (Wildman–Crippen MR) is 96.0 cm³/mol. The zero-order chi connectivity index (χ0) is 16.9. The summed E-state index contributed by atoms with van der Waals surface area (Å²) in [4.78, 5) is 4.71. The molecule has 0 aliphatic carbocycles. The minimum Gasteiger partial charge on any atom is -0.508 e. The number of hydrogen-bond acceptors (Lipinski definition) is 7. The van der Waals surface area contributed by atoms with Crippen molar-refractivity contribution in [1.82, 2.24) is 30.0 Å². The first-order chi connectivity index (χ1) is 11.7. The Morgan fingerprint density at radius 2 is 1.84 bits per heavy atom. The summed E-state index contributed by atoms with van der Waals surface area (Å²) in [6.07, 6.45) is 0. The van der Waals surface area contributed by atoms with E-state index in [1.807, 2.05) is 12.1 Å². The van der Waals surface area contributed by atoms with E-state index in [-0.39, 0.29) is 24.2 Å². The van der Waals surface area contributed by atoms with E-state index in [1.54, 1.807) is 23.9 Å². The third kappa shape index (κ3) is 4.66. The van der Waals surface area contributed by atoms with Gasteiger partial charge in [0.25, 0.3) is 0 Å². The second kappa shape index (κ2) is 9.10. The average molecular weight is 369 g/mol. The Hall–Kier alpha value is -1.74. The van der Waals surface area contributed by atoms with Crippen molar-refractivity contribution >= 4 is 12.4 Å². The van der Waals surface area contributed by atoms with Gasteiger partial charge in [-0.2, -0.15) is 0 Å². The molecule has 2 heterocycles. The van der Waals surface area contributed by atoms with E-state index >= 15 is 0 Å². The van der Waals surface area contributed by atoms with Crippen LogP contribution in [-0.2, 0) is 11.3 Å². The van der Waals surface area contributed by atoms with Crippen molar-refractivity contribution < 1.29 is 9.84 Å². The standard InChI is InChI=1S/C16H24N6O2.ClH/c1-20-7-9-21(10-8-20)15(13-3-5-14(23)6-4-13)16-17-18-19-22(16)11-12-24-2;/h3-6,15,23H,7-12H2,1-2H3;1H. The summed E-state index contributed by atoms with van der Waals surface area (Å²) >= 11 is 0. The lowest BCUT2D eigenvalue weighted by Crippen LogP contribution is -2.46. The van der Waals surface area contributed by atoms with E-state index in [1.165, 1.54) is 0 Å². The SMILES string of the molecule is COCCn1nnnc1C(c1ccc(O)cc1)N1CCN(C)CC1.Cl. The zero-order valence-electron chi connectivity index (χ0n) is 14.6. The summed E-state index contributed by atoms with van der Waals surface area (Å²) in [5.74, 6) is 1.07. The monoisotopic (exact) mass is 368 g/mol. The Morgan fingerprint density at radius 1 is 1.16 bits per heavy atom. The molecule has 1 atom stereocenters. The summed E-state index contributed by atoms with van der Waals surface area (Å²) in [5, 5.41) is 21.9. The second-order valence-corrected chi connectivity index (χ2v) is 6.09. The molecule has 1 aromatic carbocycles. The summed E-state index contributed by atoms with van der Waals surface area (Å²) in [6, 6.07) is 7.26. The lowest BCUT2D eigenvalue weighted by Gasteiger charge is -2.37. The molecule has 0 saturated carbocycles. The highest BCUT2D eigenvalue weighted by Crippen LogP contribution is 2.29. The van der Waals surface area contributed by atoms with Crippen molar-refractivity contribution in [2.75, 3.05) is 46.9 Å². The number of nitrogens with zero attached hydrogens (tertiary/aromatic N) is 6. The van der Waals surface area contributed by atoms with Gasteiger partial charge in [-0.1, -0.05) is 12.1 Å². The summed E-state index contributed by atoms with van der Waals surface area (Å²) in [6.45, 7) is 5.07. The average Bonchev–Trinajstić information content (AvgIpc) is 3.05. The van der Waals surface area contributed by atoms with Gasteiger partial charge in [0.05, 0.1) is 19.2 Å². The number of aromatic hydroxyl groups is 1. The molecule has 1 N–H and O–H groups in total. The third-order valence-corrected chi connectivity index (χ3v) is 4.42. The largest absolute Gasteiger partial charge is 0.508 e. The molecule has 0 spiro atoms. The Morgan fingerprint density at radius 3 is 2.48 bits per heavy atom. The van der Waals surface area contributed by atoms with Crippen molar-refractivity contribution in [2.24, 2.45) is 0 Å². The van der Waals surface area contributed by atoms with Crippen LogP contribution in [0.3, 0.4) is 0 Å². The Kier molecular flexibility index (Phi) is 7.12. The first-order valence-corrected chi connectivity index (χ1v) is 8.15. The number of methoxy groups -OCH3 is 1. The number of aromatic nitrogens is 4. The molecule has 0 amide bonds. The minimum absolute atomic E-state index is 0. The van der Waals surface area contributed by atoms with E-state index in [4.69, 9.17) is 4.74 Å². The van der Waals surface area contributed by atoms with Gasteiger partial charge < -0.3 is 14.7 Å². The van der Waals surface area contributed by atoms with Crippen molar-refractivity contribution in [2.45, 2.75) is 12.6 Å². The molecule has 1 fully saturated rings. The highest BCUT2D eigenvalue weighted by Gasteiger charge is 2.29. The fourth-order valence-corrected chi connectivity index (χ4v) is 3.00. The summed E-state index contributed by atoms with van der Waals surface area (Å²) in [5.41, 5.74) is 1.07. The maximum absolute atomic E-state index is 9.60. The number of halogens is 1. The summed E-state index contributed by atoms with van der Waals surface area (Å²) in [7, 11) is 3.80. The van der Waals surface area contributed by atoms with Crippen LogP contribution < -0.4 is 0 Å². The Balaban J connectivity index is 0.00000225. The van der Waals surface area contributed by atoms with E-state index in [9.17, 15) is 5.11 Å². The lowest BCUT2D eigenvalue weighted by atomic mass is 10.0. The maximum Gasteiger partial charge on any atom is 0.173 e. The van der Waals surface area contributed by atoms with Crippen LogP contribution in [-0.4, -0.2) is 82.1 Å². The fraction of sp³-hybridized carbons (Fsp3) is 0.562. The van der Waals surface area contributed by atoms with E-state index in [0.29, 0.717) is 13.2 Å². The fourth-order valence-electron chi connectivity index (χ4n) is 3.00. The van der Waals surface area contributed by atoms with Crippen LogP contribution in [0, 0.1) is 0 Å². The van der Waals surface area contributed by atoms with Gasteiger partial charge in [0.15, 0.2) is 5.82 Å². The number of piperazine rings is 1. The van der Waals surface area contributed by atoms with Crippen LogP contribution in [0.2, 0.25) is 0 Å². The second-order valence-electron chi connectivity index (χ2n) is 6.09. The van der Waals surface area contributed by atoms with Crippen molar-refractivity contribution in [3.63, 3.8) is 0 Å².